The molecule has 1 atom stereocenters. The summed E-state index contributed by atoms with van der Waals surface area (Å²) >= 11 is 0. The Morgan fingerprint density at radius 1 is 1.00 bits per heavy atom. The molecule has 3 heterocycles. The summed E-state index contributed by atoms with van der Waals surface area (Å²) in [4.78, 5) is 26.6. The van der Waals surface area contributed by atoms with Crippen LogP contribution >= 0.6 is 0 Å². The van der Waals surface area contributed by atoms with E-state index in [9.17, 15) is 19.8 Å². The van der Waals surface area contributed by atoms with Gasteiger partial charge in [0.25, 0.3) is 5.56 Å². The smallest absolute Gasteiger partial charge is 0.331 e. The molecule has 0 amide bonds. The molecule has 4 aromatic rings. The number of benzene rings is 2. The molecular formula is C26H27N3O6. The average molecular weight is 478 g/mol. The minimum absolute atomic E-state index is 0.245. The van der Waals surface area contributed by atoms with E-state index in [2.05, 4.69) is 4.57 Å². The third kappa shape index (κ3) is 3.26. The molecule has 0 saturated heterocycles. The molecule has 9 nitrogen and oxygen atoms in total. The van der Waals surface area contributed by atoms with Gasteiger partial charge < -0.3 is 24.3 Å². The highest BCUT2D eigenvalue weighted by molar-refractivity contribution is 5.97. The van der Waals surface area contributed by atoms with Crippen molar-refractivity contribution in [3.8, 4) is 28.5 Å². The zero-order valence-corrected chi connectivity index (χ0v) is 20.2. The number of hydrogen-bond donors (Lipinski definition) is 2. The van der Waals surface area contributed by atoms with E-state index in [1.807, 2.05) is 38.1 Å². The standard InChI is InChI=1S/C26H27N3O6/c1-26(2)13-35-23(15-8-11-17(30)18(31)12-15)22-21-19(24(32)28(4)25(33)27(21)3)20(29(22)26)14-6-9-16(34-5)10-7-14/h6-12,23,30-31H,13H2,1-5H3. The van der Waals surface area contributed by atoms with Crippen LogP contribution in [-0.4, -0.2) is 37.6 Å². The van der Waals surface area contributed by atoms with Crippen LogP contribution < -0.4 is 16.0 Å². The molecule has 1 unspecified atom stereocenters. The number of aryl methyl sites for hydroxylation is 1. The van der Waals surface area contributed by atoms with E-state index in [0.29, 0.717) is 40.2 Å². The van der Waals surface area contributed by atoms with Crippen LogP contribution in [0.2, 0.25) is 0 Å². The zero-order valence-electron chi connectivity index (χ0n) is 20.2. The second kappa shape index (κ2) is 7.78. The van der Waals surface area contributed by atoms with Gasteiger partial charge in [-0.15, -0.1) is 0 Å². The van der Waals surface area contributed by atoms with Crippen LogP contribution in [0.15, 0.2) is 52.1 Å². The summed E-state index contributed by atoms with van der Waals surface area (Å²) in [6.45, 7) is 4.33. The number of aromatic nitrogens is 3. The van der Waals surface area contributed by atoms with Crippen molar-refractivity contribution < 1.29 is 19.7 Å². The summed E-state index contributed by atoms with van der Waals surface area (Å²) in [7, 11) is 4.69. The molecule has 2 aromatic heterocycles. The first kappa shape index (κ1) is 22.8. The van der Waals surface area contributed by atoms with Crippen LogP contribution in [-0.2, 0) is 24.4 Å². The maximum absolute atomic E-state index is 13.6. The van der Waals surface area contributed by atoms with Gasteiger partial charge >= 0.3 is 5.69 Å². The highest BCUT2D eigenvalue weighted by Gasteiger charge is 2.40. The fourth-order valence-corrected chi connectivity index (χ4v) is 4.98. The van der Waals surface area contributed by atoms with Crippen LogP contribution in [0.3, 0.4) is 0 Å². The van der Waals surface area contributed by atoms with Crippen molar-refractivity contribution in [2.24, 2.45) is 14.1 Å². The van der Waals surface area contributed by atoms with Crippen LogP contribution in [0.4, 0.5) is 0 Å². The maximum atomic E-state index is 13.6. The van der Waals surface area contributed by atoms with E-state index in [1.165, 1.54) is 23.7 Å². The molecule has 2 aromatic carbocycles. The van der Waals surface area contributed by atoms with Crippen LogP contribution in [0.1, 0.15) is 31.2 Å². The zero-order chi connectivity index (χ0) is 25.2. The predicted octanol–water partition coefficient (Wildman–Crippen LogP) is 2.98. The minimum Gasteiger partial charge on any atom is -0.504 e. The van der Waals surface area contributed by atoms with Gasteiger partial charge in [0.05, 0.1) is 41.5 Å². The molecule has 182 valence electrons. The van der Waals surface area contributed by atoms with E-state index >= 15 is 0 Å². The van der Waals surface area contributed by atoms with Gasteiger partial charge in [0.15, 0.2) is 11.5 Å². The van der Waals surface area contributed by atoms with Gasteiger partial charge in [-0.2, -0.15) is 0 Å². The third-order valence-corrected chi connectivity index (χ3v) is 6.73. The molecular weight excluding hydrogens is 450 g/mol. The van der Waals surface area contributed by atoms with Crippen LogP contribution in [0.5, 0.6) is 17.2 Å². The molecule has 0 saturated carbocycles. The Morgan fingerprint density at radius 3 is 2.31 bits per heavy atom. The van der Waals surface area contributed by atoms with Gasteiger partial charge in [-0.05, 0) is 61.4 Å². The van der Waals surface area contributed by atoms with Crippen molar-refractivity contribution in [1.82, 2.24) is 13.7 Å². The average Bonchev–Trinajstić information content (AvgIpc) is 3.21. The third-order valence-electron chi connectivity index (χ3n) is 6.73. The fourth-order valence-electron chi connectivity index (χ4n) is 4.98. The largest absolute Gasteiger partial charge is 0.504 e. The summed E-state index contributed by atoms with van der Waals surface area (Å²) in [6.07, 6.45) is -0.693. The summed E-state index contributed by atoms with van der Waals surface area (Å²) in [5.74, 6) is 0.160. The number of ether oxygens (including phenoxy) is 2. The van der Waals surface area contributed by atoms with Gasteiger partial charge in [-0.1, -0.05) is 6.07 Å². The predicted molar refractivity (Wildman–Crippen MR) is 131 cm³/mol. The Balaban J connectivity index is 1.97. The second-order valence-electron chi connectivity index (χ2n) is 9.48. The first-order chi connectivity index (χ1) is 16.6. The van der Waals surface area contributed by atoms with Crippen LogP contribution in [0.25, 0.3) is 22.2 Å². The van der Waals surface area contributed by atoms with Gasteiger partial charge in [-0.3, -0.25) is 13.9 Å². The number of rotatable bonds is 3. The van der Waals surface area contributed by atoms with E-state index in [-0.39, 0.29) is 11.5 Å². The molecule has 1 aliphatic rings. The molecule has 0 bridgehead atoms. The molecule has 9 heteroatoms. The number of hydrogen-bond acceptors (Lipinski definition) is 6. The molecule has 1 aliphatic heterocycles. The van der Waals surface area contributed by atoms with Crippen molar-refractivity contribution in [2.45, 2.75) is 25.5 Å². The number of methoxy groups -OCH3 is 1. The molecule has 0 spiro atoms. The van der Waals surface area contributed by atoms with Crippen LogP contribution in [0, 0.1) is 0 Å². The van der Waals surface area contributed by atoms with Gasteiger partial charge in [0.2, 0.25) is 0 Å². The number of aromatic hydroxyl groups is 2. The molecule has 5 rings (SSSR count). The quantitative estimate of drug-likeness (QED) is 0.439. The van der Waals surface area contributed by atoms with Gasteiger partial charge in [0.1, 0.15) is 11.9 Å². The molecule has 35 heavy (non-hydrogen) atoms. The lowest BCUT2D eigenvalue weighted by Crippen LogP contribution is -2.40. The fraction of sp³-hybridized carbons (Fsp3) is 0.308. The Kier molecular flexibility index (Phi) is 5.06. The lowest BCUT2D eigenvalue weighted by molar-refractivity contribution is -0.00716. The van der Waals surface area contributed by atoms with Crippen molar-refractivity contribution in [2.75, 3.05) is 13.7 Å². The summed E-state index contributed by atoms with van der Waals surface area (Å²) in [5.41, 5.74) is 1.73. The Labute approximate surface area is 201 Å². The summed E-state index contributed by atoms with van der Waals surface area (Å²) < 4.78 is 16.3. The number of fused-ring (bicyclic) bond motifs is 3. The Bertz CT molecular complexity index is 1590. The Morgan fingerprint density at radius 2 is 1.69 bits per heavy atom. The van der Waals surface area contributed by atoms with E-state index in [4.69, 9.17) is 9.47 Å². The summed E-state index contributed by atoms with van der Waals surface area (Å²) in [5, 5.41) is 20.4. The highest BCUT2D eigenvalue weighted by Crippen LogP contribution is 2.46. The molecule has 0 aliphatic carbocycles. The molecule has 0 fully saturated rings. The Hall–Kier alpha value is -3.98. The van der Waals surface area contributed by atoms with Gasteiger partial charge in [-0.25, -0.2) is 4.79 Å². The lowest BCUT2D eigenvalue weighted by atomic mass is 9.97. The highest BCUT2D eigenvalue weighted by atomic mass is 16.5. The van der Waals surface area contributed by atoms with E-state index in [1.54, 1.807) is 20.2 Å². The van der Waals surface area contributed by atoms with Crippen molar-refractivity contribution >= 4 is 10.9 Å². The first-order valence-corrected chi connectivity index (χ1v) is 11.2. The number of phenols is 2. The SMILES string of the molecule is COc1ccc(-c2c3c(=O)n(C)c(=O)n(C)c3c3n2C(C)(C)COC3c2ccc(O)c(O)c2)cc1. The van der Waals surface area contributed by atoms with Crippen molar-refractivity contribution in [3.63, 3.8) is 0 Å². The lowest BCUT2D eigenvalue weighted by Gasteiger charge is -2.39. The number of phenolic OH excluding ortho intramolecular Hbond substituents is 2. The topological polar surface area (TPSA) is 108 Å². The van der Waals surface area contributed by atoms with E-state index in [0.717, 1.165) is 10.1 Å². The normalized spacial score (nSPS) is 16.9. The molecule has 2 N–H and O–H groups in total. The maximum Gasteiger partial charge on any atom is 0.331 e. The van der Waals surface area contributed by atoms with E-state index < -0.39 is 22.9 Å². The van der Waals surface area contributed by atoms with Crippen molar-refractivity contribution in [3.05, 3.63) is 74.6 Å². The monoisotopic (exact) mass is 477 g/mol. The van der Waals surface area contributed by atoms with Crippen molar-refractivity contribution in [1.29, 1.82) is 0 Å². The first-order valence-electron chi connectivity index (χ1n) is 11.2. The minimum atomic E-state index is -0.693. The van der Waals surface area contributed by atoms with Gasteiger partial charge in [0, 0.05) is 14.1 Å². The molecule has 0 radical (unpaired) electrons. The second-order valence-corrected chi connectivity index (χ2v) is 9.48. The summed E-state index contributed by atoms with van der Waals surface area (Å²) in [6, 6.07) is 11.9. The number of nitrogens with zero attached hydrogens (tertiary/aromatic N) is 3.